The molecule has 0 saturated carbocycles. The van der Waals surface area contributed by atoms with Crippen LogP contribution < -0.4 is 14.2 Å². The van der Waals surface area contributed by atoms with E-state index in [0.29, 0.717) is 41.9 Å². The molecule has 7 nitrogen and oxygen atoms in total. The van der Waals surface area contributed by atoms with Crippen molar-refractivity contribution in [3.05, 3.63) is 64.1 Å². The molecule has 1 N–H and O–H groups in total. The maximum Gasteiger partial charge on any atom is 0.419 e. The quantitative estimate of drug-likeness (QED) is 0.247. The number of aryl methyl sites for hydroxylation is 1. The number of rotatable bonds is 7. The standard InChI is InChI=1S/C27H25ClF3N3O4S2/c1-15-4-6-19-18(7-9-22(37-3)25(19)32-15)20-13-24(39-26(20)28)40(35,36)33-16-5-8-21(27(29,30)31)23(12-16)38-17-10-11-34(2)14-17/h4-9,12-13,17,33H,10-11,14H2,1-3H3. The average molecular weight is 612 g/mol. The van der Waals surface area contributed by atoms with Crippen LogP contribution in [-0.4, -0.2) is 51.7 Å². The first-order valence-corrected chi connectivity index (χ1v) is 14.9. The SMILES string of the molecule is COc1ccc(-c2cc(S(=O)(=O)Nc3ccc(C(F)(F)F)c(OC4CCN(C)C4)c3)sc2Cl)c2ccc(C)nc12. The Morgan fingerprint density at radius 2 is 1.88 bits per heavy atom. The first-order chi connectivity index (χ1) is 18.9. The number of fused-ring (bicyclic) bond motifs is 1. The lowest BCUT2D eigenvalue weighted by Crippen LogP contribution is -2.23. The van der Waals surface area contributed by atoms with E-state index >= 15 is 0 Å². The van der Waals surface area contributed by atoms with E-state index in [0.717, 1.165) is 40.6 Å². The molecule has 1 fully saturated rings. The molecule has 1 unspecified atom stereocenters. The zero-order valence-corrected chi connectivity index (χ0v) is 24.1. The summed E-state index contributed by atoms with van der Waals surface area (Å²) in [6.45, 7) is 3.02. The van der Waals surface area contributed by atoms with Crippen molar-refractivity contribution in [3.63, 3.8) is 0 Å². The van der Waals surface area contributed by atoms with Gasteiger partial charge in [-0.2, -0.15) is 13.2 Å². The third kappa shape index (κ3) is 5.71. The first kappa shape index (κ1) is 28.5. The van der Waals surface area contributed by atoms with Crippen molar-refractivity contribution in [1.29, 1.82) is 0 Å². The zero-order chi connectivity index (χ0) is 28.8. The number of aromatic nitrogens is 1. The van der Waals surface area contributed by atoms with Gasteiger partial charge in [0.1, 0.15) is 31.7 Å². The fourth-order valence-corrected chi connectivity index (χ4v) is 7.45. The summed E-state index contributed by atoms with van der Waals surface area (Å²) < 4.78 is 81.3. The molecule has 40 heavy (non-hydrogen) atoms. The summed E-state index contributed by atoms with van der Waals surface area (Å²) in [6.07, 6.45) is -4.54. The molecule has 0 aliphatic carbocycles. The van der Waals surface area contributed by atoms with Crippen LogP contribution in [0.1, 0.15) is 17.7 Å². The minimum Gasteiger partial charge on any atom is -0.494 e. The van der Waals surface area contributed by atoms with Gasteiger partial charge >= 0.3 is 6.18 Å². The average Bonchev–Trinajstić information content (AvgIpc) is 3.47. The Morgan fingerprint density at radius 3 is 2.55 bits per heavy atom. The summed E-state index contributed by atoms with van der Waals surface area (Å²) in [7, 11) is -0.808. The second-order valence-corrected chi connectivity index (χ2v) is 13.1. The second kappa shape index (κ2) is 10.7. The molecule has 2 aromatic carbocycles. The van der Waals surface area contributed by atoms with Gasteiger partial charge < -0.3 is 14.4 Å². The lowest BCUT2D eigenvalue weighted by molar-refractivity contribution is -0.139. The Labute approximate surface area is 238 Å². The number of thiophene rings is 1. The van der Waals surface area contributed by atoms with Crippen molar-refractivity contribution in [2.75, 3.05) is 32.0 Å². The van der Waals surface area contributed by atoms with E-state index in [-0.39, 0.29) is 14.2 Å². The minimum atomic E-state index is -4.66. The number of pyridine rings is 1. The van der Waals surface area contributed by atoms with Gasteiger partial charge in [-0.25, -0.2) is 13.4 Å². The van der Waals surface area contributed by atoms with Crippen LogP contribution >= 0.6 is 22.9 Å². The molecule has 0 bridgehead atoms. The van der Waals surface area contributed by atoms with Crippen LogP contribution in [0.5, 0.6) is 11.5 Å². The lowest BCUT2D eigenvalue weighted by atomic mass is 10.0. The minimum absolute atomic E-state index is 0.0602. The van der Waals surface area contributed by atoms with E-state index < -0.39 is 33.6 Å². The highest BCUT2D eigenvalue weighted by Gasteiger charge is 2.36. The highest BCUT2D eigenvalue weighted by atomic mass is 35.5. The molecule has 0 radical (unpaired) electrons. The second-order valence-electron chi connectivity index (χ2n) is 9.52. The number of benzene rings is 2. The summed E-state index contributed by atoms with van der Waals surface area (Å²) in [4.78, 5) is 6.51. The van der Waals surface area contributed by atoms with Gasteiger partial charge in [0.25, 0.3) is 10.0 Å². The lowest BCUT2D eigenvalue weighted by Gasteiger charge is -2.19. The van der Waals surface area contributed by atoms with Crippen LogP contribution in [0.15, 0.2) is 52.7 Å². The third-order valence-corrected chi connectivity index (χ3v) is 9.79. The van der Waals surface area contributed by atoms with Gasteiger partial charge in [-0.3, -0.25) is 4.72 Å². The van der Waals surface area contributed by atoms with Crippen LogP contribution in [0.3, 0.4) is 0 Å². The van der Waals surface area contributed by atoms with E-state index in [1.165, 1.54) is 13.2 Å². The number of likely N-dealkylation sites (N-methyl/N-ethyl adjacent to an activating group) is 1. The van der Waals surface area contributed by atoms with E-state index in [9.17, 15) is 21.6 Å². The number of ether oxygens (including phenoxy) is 2. The number of methoxy groups -OCH3 is 1. The first-order valence-electron chi connectivity index (χ1n) is 12.2. The van der Waals surface area contributed by atoms with Crippen molar-refractivity contribution < 1.29 is 31.1 Å². The predicted molar refractivity (Wildman–Crippen MR) is 150 cm³/mol. The van der Waals surface area contributed by atoms with Crippen molar-refractivity contribution in [1.82, 2.24) is 9.88 Å². The van der Waals surface area contributed by atoms with Gasteiger partial charge in [-0.15, -0.1) is 11.3 Å². The molecule has 212 valence electrons. The Kier molecular flexibility index (Phi) is 7.64. The molecule has 1 saturated heterocycles. The fourth-order valence-electron chi connectivity index (χ4n) is 4.65. The maximum absolute atomic E-state index is 13.7. The molecule has 1 atom stereocenters. The van der Waals surface area contributed by atoms with E-state index in [1.807, 2.05) is 31.0 Å². The van der Waals surface area contributed by atoms with Gasteiger partial charge in [0.15, 0.2) is 0 Å². The molecular formula is C27H25ClF3N3O4S2. The van der Waals surface area contributed by atoms with E-state index in [2.05, 4.69) is 9.71 Å². The maximum atomic E-state index is 13.7. The molecule has 0 spiro atoms. The molecule has 0 amide bonds. The largest absolute Gasteiger partial charge is 0.494 e. The molecular weight excluding hydrogens is 587 g/mol. The van der Waals surface area contributed by atoms with Crippen LogP contribution in [0.25, 0.3) is 22.0 Å². The van der Waals surface area contributed by atoms with Crippen molar-refractivity contribution in [2.24, 2.45) is 0 Å². The number of sulfonamides is 1. The number of nitrogens with one attached hydrogen (secondary N) is 1. The Balaban J connectivity index is 1.48. The smallest absolute Gasteiger partial charge is 0.419 e. The Bertz CT molecular complexity index is 1690. The summed E-state index contributed by atoms with van der Waals surface area (Å²) in [5.74, 6) is 0.137. The summed E-state index contributed by atoms with van der Waals surface area (Å²) in [5, 5.41) is 0.726. The number of likely N-dealkylation sites (tertiary alicyclic amines) is 1. The predicted octanol–water partition coefficient (Wildman–Crippen LogP) is 6.84. The summed E-state index contributed by atoms with van der Waals surface area (Å²) in [6, 6.07) is 11.6. The molecule has 1 aliphatic heterocycles. The monoisotopic (exact) mass is 611 g/mol. The molecule has 5 rings (SSSR count). The van der Waals surface area contributed by atoms with Gasteiger partial charge in [0.2, 0.25) is 0 Å². The number of hydrogen-bond donors (Lipinski definition) is 1. The topological polar surface area (TPSA) is 80.8 Å². The summed E-state index contributed by atoms with van der Waals surface area (Å²) >= 11 is 7.36. The molecule has 3 heterocycles. The van der Waals surface area contributed by atoms with E-state index in [4.69, 9.17) is 21.1 Å². The van der Waals surface area contributed by atoms with E-state index in [1.54, 1.807) is 12.1 Å². The normalized spacial score (nSPS) is 16.4. The van der Waals surface area contributed by atoms with Crippen molar-refractivity contribution in [2.45, 2.75) is 29.8 Å². The number of nitrogens with zero attached hydrogens (tertiary/aromatic N) is 2. The number of alkyl halides is 3. The third-order valence-electron chi connectivity index (χ3n) is 6.58. The Morgan fingerprint density at radius 1 is 1.10 bits per heavy atom. The molecule has 13 heteroatoms. The van der Waals surface area contributed by atoms with Crippen molar-refractivity contribution in [3.8, 4) is 22.6 Å². The fraction of sp³-hybridized carbons (Fsp3) is 0.296. The highest BCUT2D eigenvalue weighted by molar-refractivity contribution is 7.94. The molecule has 1 aliphatic rings. The van der Waals surface area contributed by atoms with Gasteiger partial charge in [-0.05, 0) is 62.4 Å². The van der Waals surface area contributed by atoms with Crippen LogP contribution in [0.2, 0.25) is 4.34 Å². The number of hydrogen-bond acceptors (Lipinski definition) is 7. The molecule has 4 aromatic rings. The van der Waals surface area contributed by atoms with Crippen molar-refractivity contribution >= 4 is 49.6 Å². The van der Waals surface area contributed by atoms with Crippen LogP contribution in [0, 0.1) is 6.92 Å². The summed E-state index contributed by atoms with van der Waals surface area (Å²) in [5.41, 5.74) is 1.50. The molecule has 2 aromatic heterocycles. The highest BCUT2D eigenvalue weighted by Crippen LogP contribution is 2.43. The van der Waals surface area contributed by atoms with Crippen LogP contribution in [-0.2, 0) is 16.2 Å². The van der Waals surface area contributed by atoms with Crippen LogP contribution in [0.4, 0.5) is 18.9 Å². The Hall–Kier alpha value is -3.06. The number of halogens is 4. The van der Waals surface area contributed by atoms with Gasteiger partial charge in [-0.1, -0.05) is 17.7 Å². The van der Waals surface area contributed by atoms with Gasteiger partial charge in [0, 0.05) is 35.8 Å². The van der Waals surface area contributed by atoms with Gasteiger partial charge in [0.05, 0.1) is 18.4 Å². The zero-order valence-electron chi connectivity index (χ0n) is 21.7. The number of anilines is 1.